The number of hydrogen-bond donors (Lipinski definition) is 2. The van der Waals surface area contributed by atoms with E-state index in [9.17, 15) is 0 Å². The van der Waals surface area contributed by atoms with Gasteiger partial charge in [-0.2, -0.15) is 0 Å². The second-order valence-electron chi connectivity index (χ2n) is 4.81. The second-order valence-corrected chi connectivity index (χ2v) is 4.81. The molecule has 2 aromatic rings. The molecule has 6 heteroatoms. The number of methoxy groups -OCH3 is 1. The predicted molar refractivity (Wildman–Crippen MR) is 79.0 cm³/mol. The first-order valence-electron chi connectivity index (χ1n) is 6.79. The molecule has 0 saturated carbocycles. The number of nitrogens with zero attached hydrogens (tertiary/aromatic N) is 3. The molecule has 106 valence electrons. The summed E-state index contributed by atoms with van der Waals surface area (Å²) in [5.74, 6) is 2.66. The van der Waals surface area contributed by atoms with E-state index in [-0.39, 0.29) is 0 Å². The third-order valence-corrected chi connectivity index (χ3v) is 3.49. The van der Waals surface area contributed by atoms with Crippen molar-refractivity contribution in [2.75, 3.05) is 20.2 Å². The van der Waals surface area contributed by atoms with Crippen LogP contribution in [0.3, 0.4) is 0 Å². The molecule has 0 spiro atoms. The van der Waals surface area contributed by atoms with E-state index >= 15 is 0 Å². The van der Waals surface area contributed by atoms with Crippen molar-refractivity contribution in [3.05, 3.63) is 24.0 Å². The summed E-state index contributed by atoms with van der Waals surface area (Å²) >= 11 is 0. The number of imidazole rings is 1. The molecule has 0 fully saturated rings. The Morgan fingerprint density at radius 3 is 3.10 bits per heavy atom. The summed E-state index contributed by atoms with van der Waals surface area (Å²) in [5, 5.41) is 6.54. The van der Waals surface area contributed by atoms with Crippen LogP contribution in [0.5, 0.6) is 5.75 Å². The summed E-state index contributed by atoms with van der Waals surface area (Å²) in [7, 11) is 3.69. The fourth-order valence-electron chi connectivity index (χ4n) is 2.33. The highest BCUT2D eigenvalue weighted by atomic mass is 16.5. The Morgan fingerprint density at radius 1 is 1.45 bits per heavy atom. The van der Waals surface area contributed by atoms with Crippen LogP contribution in [0, 0.1) is 0 Å². The molecule has 0 unspecified atom stereocenters. The van der Waals surface area contributed by atoms with E-state index in [0.717, 1.165) is 48.1 Å². The Labute approximate surface area is 117 Å². The van der Waals surface area contributed by atoms with Gasteiger partial charge in [-0.25, -0.2) is 4.98 Å². The average molecular weight is 273 g/mol. The maximum absolute atomic E-state index is 5.23. The van der Waals surface area contributed by atoms with Crippen LogP contribution >= 0.6 is 0 Å². The fourth-order valence-corrected chi connectivity index (χ4v) is 2.33. The molecule has 20 heavy (non-hydrogen) atoms. The standard InChI is InChI=1S/C14H19N5O/c1-19-12-5-4-10(20-2)8-11(12)18-13(19)9-17-14-15-6-3-7-16-14/h4-5,8H,3,6-7,9H2,1-2H3,(H2,15,16,17). The van der Waals surface area contributed by atoms with Gasteiger partial charge in [-0.05, 0) is 18.6 Å². The van der Waals surface area contributed by atoms with Gasteiger partial charge in [0.05, 0.1) is 24.7 Å². The predicted octanol–water partition coefficient (Wildman–Crippen LogP) is 1.02. The monoisotopic (exact) mass is 273 g/mol. The van der Waals surface area contributed by atoms with E-state index in [1.54, 1.807) is 7.11 Å². The second kappa shape index (κ2) is 5.40. The number of nitrogens with one attached hydrogen (secondary N) is 2. The van der Waals surface area contributed by atoms with Gasteiger partial charge < -0.3 is 19.9 Å². The van der Waals surface area contributed by atoms with E-state index in [2.05, 4.69) is 25.2 Å². The smallest absolute Gasteiger partial charge is 0.191 e. The SMILES string of the molecule is COc1ccc2c(c1)nc(CNC1=NCCCN1)n2C. The number of aryl methyl sites for hydroxylation is 1. The maximum Gasteiger partial charge on any atom is 0.191 e. The van der Waals surface area contributed by atoms with E-state index in [1.165, 1.54) is 0 Å². The van der Waals surface area contributed by atoms with Crippen LogP contribution in [0.1, 0.15) is 12.2 Å². The van der Waals surface area contributed by atoms with E-state index in [0.29, 0.717) is 6.54 Å². The largest absolute Gasteiger partial charge is 0.497 e. The lowest BCUT2D eigenvalue weighted by molar-refractivity contribution is 0.415. The van der Waals surface area contributed by atoms with Crippen LogP contribution in [0.25, 0.3) is 11.0 Å². The van der Waals surface area contributed by atoms with Crippen molar-refractivity contribution >= 4 is 17.0 Å². The molecule has 1 aliphatic heterocycles. The molecule has 0 bridgehead atoms. The van der Waals surface area contributed by atoms with Crippen molar-refractivity contribution in [3.63, 3.8) is 0 Å². The minimum Gasteiger partial charge on any atom is -0.497 e. The molecule has 2 N–H and O–H groups in total. The topological polar surface area (TPSA) is 63.5 Å². The van der Waals surface area contributed by atoms with E-state index in [4.69, 9.17) is 4.74 Å². The van der Waals surface area contributed by atoms with Gasteiger partial charge in [0, 0.05) is 26.2 Å². The first kappa shape index (κ1) is 12.8. The van der Waals surface area contributed by atoms with Gasteiger partial charge >= 0.3 is 0 Å². The molecular formula is C14H19N5O. The Balaban J connectivity index is 1.80. The Morgan fingerprint density at radius 2 is 2.35 bits per heavy atom. The van der Waals surface area contributed by atoms with Gasteiger partial charge in [0.25, 0.3) is 0 Å². The van der Waals surface area contributed by atoms with Crippen LogP contribution in [0.15, 0.2) is 23.2 Å². The van der Waals surface area contributed by atoms with Crippen molar-refractivity contribution in [2.24, 2.45) is 12.0 Å². The number of fused-ring (bicyclic) bond motifs is 1. The Bertz CT molecular complexity index is 646. The molecule has 1 aromatic carbocycles. The van der Waals surface area contributed by atoms with Crippen LogP contribution in [0.4, 0.5) is 0 Å². The zero-order valence-electron chi connectivity index (χ0n) is 11.8. The first-order valence-corrected chi connectivity index (χ1v) is 6.79. The third kappa shape index (κ3) is 2.41. The molecule has 0 atom stereocenters. The van der Waals surface area contributed by atoms with Gasteiger partial charge in [0.2, 0.25) is 0 Å². The quantitative estimate of drug-likeness (QED) is 0.876. The number of guanidine groups is 1. The highest BCUT2D eigenvalue weighted by Crippen LogP contribution is 2.20. The molecule has 6 nitrogen and oxygen atoms in total. The fraction of sp³-hybridized carbons (Fsp3) is 0.429. The molecule has 0 radical (unpaired) electrons. The highest BCUT2D eigenvalue weighted by Gasteiger charge is 2.10. The zero-order chi connectivity index (χ0) is 13.9. The number of aromatic nitrogens is 2. The van der Waals surface area contributed by atoms with Crippen molar-refractivity contribution in [1.29, 1.82) is 0 Å². The summed E-state index contributed by atoms with van der Waals surface area (Å²) in [4.78, 5) is 9.04. The van der Waals surface area contributed by atoms with Gasteiger partial charge in [0.15, 0.2) is 5.96 Å². The van der Waals surface area contributed by atoms with Gasteiger partial charge in [-0.3, -0.25) is 4.99 Å². The molecule has 0 saturated heterocycles. The summed E-state index contributed by atoms with van der Waals surface area (Å²) in [6.45, 7) is 2.51. The van der Waals surface area contributed by atoms with Crippen molar-refractivity contribution in [2.45, 2.75) is 13.0 Å². The summed E-state index contributed by atoms with van der Waals surface area (Å²) in [6, 6.07) is 5.93. The van der Waals surface area contributed by atoms with E-state index < -0.39 is 0 Å². The van der Waals surface area contributed by atoms with Crippen molar-refractivity contribution in [3.8, 4) is 5.75 Å². The number of ether oxygens (including phenoxy) is 1. The molecule has 2 heterocycles. The molecule has 3 rings (SSSR count). The minimum atomic E-state index is 0.652. The van der Waals surface area contributed by atoms with Crippen LogP contribution in [-0.2, 0) is 13.6 Å². The van der Waals surface area contributed by atoms with Crippen LogP contribution < -0.4 is 15.4 Å². The number of aliphatic imine (C=N–C) groups is 1. The Kier molecular flexibility index (Phi) is 3.45. The van der Waals surface area contributed by atoms with Gasteiger partial charge in [-0.15, -0.1) is 0 Å². The summed E-state index contributed by atoms with van der Waals surface area (Å²) in [6.07, 6.45) is 1.09. The number of hydrogen-bond acceptors (Lipinski definition) is 5. The number of benzene rings is 1. The lowest BCUT2D eigenvalue weighted by Gasteiger charge is -2.15. The minimum absolute atomic E-state index is 0.652. The van der Waals surface area contributed by atoms with Gasteiger partial charge in [0.1, 0.15) is 11.6 Å². The molecular weight excluding hydrogens is 254 g/mol. The van der Waals surface area contributed by atoms with Gasteiger partial charge in [-0.1, -0.05) is 0 Å². The van der Waals surface area contributed by atoms with Crippen LogP contribution in [-0.4, -0.2) is 35.7 Å². The van der Waals surface area contributed by atoms with Crippen molar-refractivity contribution in [1.82, 2.24) is 20.2 Å². The summed E-state index contributed by atoms with van der Waals surface area (Å²) < 4.78 is 7.32. The highest BCUT2D eigenvalue weighted by molar-refractivity contribution is 5.80. The molecule has 1 aromatic heterocycles. The third-order valence-electron chi connectivity index (χ3n) is 3.49. The molecule has 1 aliphatic rings. The normalized spacial score (nSPS) is 14.8. The van der Waals surface area contributed by atoms with E-state index in [1.807, 2.05) is 25.2 Å². The average Bonchev–Trinajstić information content (AvgIpc) is 2.82. The zero-order valence-corrected chi connectivity index (χ0v) is 11.8. The molecule has 0 aliphatic carbocycles. The Hall–Kier alpha value is -2.24. The lowest BCUT2D eigenvalue weighted by atomic mass is 10.3. The summed E-state index contributed by atoms with van der Waals surface area (Å²) in [5.41, 5.74) is 2.04. The van der Waals surface area contributed by atoms with Crippen LogP contribution in [0.2, 0.25) is 0 Å². The van der Waals surface area contributed by atoms with Crippen molar-refractivity contribution < 1.29 is 4.74 Å². The molecule has 0 amide bonds. The lowest BCUT2D eigenvalue weighted by Crippen LogP contribution is -2.40. The number of rotatable bonds is 3. The first-order chi connectivity index (χ1) is 9.78. The maximum atomic E-state index is 5.23.